The molecule has 0 bridgehead atoms. The molecule has 21 heavy (non-hydrogen) atoms. The van der Waals surface area contributed by atoms with Gasteiger partial charge in [0.15, 0.2) is 0 Å². The van der Waals surface area contributed by atoms with E-state index >= 15 is 0 Å². The zero-order valence-corrected chi connectivity index (χ0v) is 12.0. The van der Waals surface area contributed by atoms with Gasteiger partial charge < -0.3 is 5.32 Å². The Morgan fingerprint density at radius 2 is 1.76 bits per heavy atom. The van der Waals surface area contributed by atoms with Gasteiger partial charge in [-0.25, -0.2) is 25.9 Å². The Kier molecular flexibility index (Phi) is 6.69. The number of Topliss-reactive ketones (excluding diaryl/α,β-unsaturated/α-hetero) is 1. The number of nitrogens with one attached hydrogen (secondary N) is 4. The maximum Gasteiger partial charge on any atom is 0.350 e. The summed E-state index contributed by atoms with van der Waals surface area (Å²) in [5.74, 6) is -0.183. The van der Waals surface area contributed by atoms with Crippen LogP contribution in [-0.2, 0) is 11.3 Å². The van der Waals surface area contributed by atoms with Gasteiger partial charge in [0.05, 0.1) is 13.1 Å². The van der Waals surface area contributed by atoms with Crippen molar-refractivity contribution in [1.29, 1.82) is 0 Å². The smallest absolute Gasteiger partial charge is 0.330 e. The Bertz CT molecular complexity index is 492. The molecule has 0 saturated heterocycles. The van der Waals surface area contributed by atoms with E-state index < -0.39 is 12.1 Å². The lowest BCUT2D eigenvalue weighted by Gasteiger charge is -2.21. The topological polar surface area (TPSA) is 103 Å². The molecule has 0 aliphatic rings. The summed E-state index contributed by atoms with van der Waals surface area (Å²) in [5, 5.41) is 3.58. The number of benzene rings is 1. The third-order valence-corrected chi connectivity index (χ3v) is 2.48. The van der Waals surface area contributed by atoms with E-state index in [4.69, 9.17) is 0 Å². The van der Waals surface area contributed by atoms with Crippen LogP contribution in [0.4, 0.5) is 9.59 Å². The van der Waals surface area contributed by atoms with E-state index in [0.29, 0.717) is 6.54 Å². The van der Waals surface area contributed by atoms with Crippen molar-refractivity contribution in [3.63, 3.8) is 0 Å². The minimum absolute atomic E-state index is 0.0958. The summed E-state index contributed by atoms with van der Waals surface area (Å²) >= 11 is 0. The molecule has 1 aromatic rings. The molecule has 8 nitrogen and oxygen atoms in total. The molecule has 8 heteroatoms. The summed E-state index contributed by atoms with van der Waals surface area (Å²) in [7, 11) is 1.60. The van der Waals surface area contributed by atoms with Gasteiger partial charge in [-0.05, 0) is 12.5 Å². The highest BCUT2D eigenvalue weighted by atomic mass is 16.2. The fourth-order valence-electron chi connectivity index (χ4n) is 1.45. The number of carbonyl (C=O) groups excluding carboxylic acids is 3. The van der Waals surface area contributed by atoms with Gasteiger partial charge in [-0.15, -0.1) is 0 Å². The lowest BCUT2D eigenvalue weighted by atomic mass is 10.2. The average molecular weight is 293 g/mol. The standard InChI is InChI=1S/C13H19N5O3/c1-10(19)8-15-12(20)16-17-13(21)18(14-2)9-11-6-4-3-5-7-11/h3-7,14H,8-9H2,1-2H3,(H,17,21)(H2,15,16,20). The molecule has 4 N–H and O–H groups in total. The number of ketones is 1. The van der Waals surface area contributed by atoms with Crippen LogP contribution in [0.1, 0.15) is 12.5 Å². The van der Waals surface area contributed by atoms with Gasteiger partial charge >= 0.3 is 12.1 Å². The van der Waals surface area contributed by atoms with Crippen LogP contribution in [0.25, 0.3) is 0 Å². The van der Waals surface area contributed by atoms with Crippen molar-refractivity contribution >= 4 is 17.8 Å². The molecular weight excluding hydrogens is 274 g/mol. The second kappa shape index (κ2) is 8.54. The predicted octanol–water partition coefficient (Wildman–Crippen LogP) is 0.136. The first-order valence-electron chi connectivity index (χ1n) is 6.35. The van der Waals surface area contributed by atoms with Gasteiger partial charge in [0.2, 0.25) is 0 Å². The number of carbonyl (C=O) groups is 3. The number of hydrogen-bond donors (Lipinski definition) is 4. The fraction of sp³-hybridized carbons (Fsp3) is 0.308. The van der Waals surface area contributed by atoms with Gasteiger partial charge in [-0.3, -0.25) is 9.80 Å². The third kappa shape index (κ3) is 6.39. The minimum Gasteiger partial charge on any atom is -0.330 e. The summed E-state index contributed by atoms with van der Waals surface area (Å²) < 4.78 is 0. The van der Waals surface area contributed by atoms with Gasteiger partial charge in [0, 0.05) is 7.05 Å². The van der Waals surface area contributed by atoms with E-state index in [1.165, 1.54) is 11.9 Å². The fourth-order valence-corrected chi connectivity index (χ4v) is 1.45. The van der Waals surface area contributed by atoms with E-state index in [1.54, 1.807) is 7.05 Å². The van der Waals surface area contributed by atoms with Gasteiger partial charge in [-0.2, -0.15) is 0 Å². The maximum atomic E-state index is 11.9. The van der Waals surface area contributed by atoms with Crippen LogP contribution >= 0.6 is 0 Å². The van der Waals surface area contributed by atoms with E-state index in [0.717, 1.165) is 5.56 Å². The van der Waals surface area contributed by atoms with Crippen LogP contribution in [0.3, 0.4) is 0 Å². The number of nitrogens with zero attached hydrogens (tertiary/aromatic N) is 1. The minimum atomic E-state index is -0.658. The van der Waals surface area contributed by atoms with Crippen molar-refractivity contribution in [2.24, 2.45) is 0 Å². The molecule has 1 rings (SSSR count). The Morgan fingerprint density at radius 3 is 2.33 bits per heavy atom. The highest BCUT2D eigenvalue weighted by molar-refractivity contribution is 5.85. The quantitative estimate of drug-likeness (QED) is 0.580. The Hall–Kier alpha value is -2.61. The van der Waals surface area contributed by atoms with Crippen molar-refractivity contribution in [2.45, 2.75) is 13.5 Å². The molecule has 0 aromatic heterocycles. The molecule has 4 amide bonds. The second-order valence-electron chi connectivity index (χ2n) is 4.24. The summed E-state index contributed by atoms with van der Waals surface area (Å²) in [6, 6.07) is 8.20. The lowest BCUT2D eigenvalue weighted by molar-refractivity contribution is -0.116. The third-order valence-electron chi connectivity index (χ3n) is 2.48. The number of amides is 4. The SMILES string of the molecule is CNN(Cc1ccccc1)C(=O)NNC(=O)NCC(C)=O. The first-order valence-corrected chi connectivity index (χ1v) is 6.35. The van der Waals surface area contributed by atoms with Crippen LogP contribution < -0.4 is 21.6 Å². The van der Waals surface area contributed by atoms with Gasteiger partial charge in [0.25, 0.3) is 0 Å². The summed E-state index contributed by atoms with van der Waals surface area (Å²) in [6.07, 6.45) is 0. The van der Waals surface area contributed by atoms with Crippen molar-refractivity contribution in [1.82, 2.24) is 26.6 Å². The Morgan fingerprint density at radius 1 is 1.10 bits per heavy atom. The molecule has 0 aliphatic heterocycles. The molecule has 0 spiro atoms. The van der Waals surface area contributed by atoms with Gasteiger partial charge in [0.1, 0.15) is 5.78 Å². The van der Waals surface area contributed by atoms with E-state index in [2.05, 4.69) is 21.6 Å². The second-order valence-corrected chi connectivity index (χ2v) is 4.24. The van der Waals surface area contributed by atoms with E-state index in [9.17, 15) is 14.4 Å². The monoisotopic (exact) mass is 293 g/mol. The first-order chi connectivity index (χ1) is 10.0. The van der Waals surface area contributed by atoms with Crippen LogP contribution in [0.2, 0.25) is 0 Å². The largest absolute Gasteiger partial charge is 0.350 e. The first kappa shape index (κ1) is 16.4. The van der Waals surface area contributed by atoms with Crippen molar-refractivity contribution < 1.29 is 14.4 Å². The maximum absolute atomic E-state index is 11.9. The summed E-state index contributed by atoms with van der Waals surface area (Å²) in [6.45, 7) is 1.59. The predicted molar refractivity (Wildman–Crippen MR) is 76.8 cm³/mol. The van der Waals surface area contributed by atoms with E-state index in [-0.39, 0.29) is 12.3 Å². The highest BCUT2D eigenvalue weighted by Gasteiger charge is 2.12. The highest BCUT2D eigenvalue weighted by Crippen LogP contribution is 2.01. The van der Waals surface area contributed by atoms with Crippen LogP contribution in [0, 0.1) is 0 Å². The number of rotatable bonds is 5. The number of urea groups is 2. The Balaban J connectivity index is 2.41. The molecule has 1 aromatic carbocycles. The normalized spacial score (nSPS) is 9.62. The van der Waals surface area contributed by atoms with Gasteiger partial charge in [-0.1, -0.05) is 30.3 Å². The molecular formula is C13H19N5O3. The van der Waals surface area contributed by atoms with E-state index in [1.807, 2.05) is 30.3 Å². The lowest BCUT2D eigenvalue weighted by Crippen LogP contribution is -2.54. The molecule has 0 aliphatic carbocycles. The number of hydrogen-bond acceptors (Lipinski definition) is 4. The van der Waals surface area contributed by atoms with Crippen molar-refractivity contribution in [3.05, 3.63) is 35.9 Å². The molecule has 0 heterocycles. The van der Waals surface area contributed by atoms with Crippen molar-refractivity contribution in [2.75, 3.05) is 13.6 Å². The van der Waals surface area contributed by atoms with Crippen LogP contribution in [-0.4, -0.2) is 36.4 Å². The summed E-state index contributed by atoms with van der Waals surface area (Å²) in [4.78, 5) is 33.9. The molecule has 0 radical (unpaired) electrons. The molecule has 0 atom stereocenters. The molecule has 114 valence electrons. The van der Waals surface area contributed by atoms with Crippen LogP contribution in [0.15, 0.2) is 30.3 Å². The molecule has 0 fully saturated rings. The number of hydrazine groups is 2. The zero-order valence-electron chi connectivity index (χ0n) is 12.0. The Labute approximate surface area is 122 Å². The molecule has 0 unspecified atom stereocenters. The zero-order chi connectivity index (χ0) is 15.7. The molecule has 0 saturated carbocycles. The van der Waals surface area contributed by atoms with Crippen LogP contribution in [0.5, 0.6) is 0 Å². The summed E-state index contributed by atoms with van der Waals surface area (Å²) in [5.41, 5.74) is 8.04. The average Bonchev–Trinajstić information content (AvgIpc) is 2.49. The van der Waals surface area contributed by atoms with Crippen molar-refractivity contribution in [3.8, 4) is 0 Å².